The van der Waals surface area contributed by atoms with Gasteiger partial charge in [0.05, 0.1) is 6.04 Å². The molecule has 1 atom stereocenters. The molecule has 3 nitrogen and oxygen atoms in total. The quantitative estimate of drug-likeness (QED) is 0.848. The van der Waals surface area contributed by atoms with Gasteiger partial charge < -0.3 is 11.1 Å². The smallest absolute Gasteiger partial charge is 0.241 e. The van der Waals surface area contributed by atoms with Crippen LogP contribution in [-0.4, -0.2) is 11.9 Å². The summed E-state index contributed by atoms with van der Waals surface area (Å²) in [5.74, 6) is -0.154. The van der Waals surface area contributed by atoms with E-state index in [9.17, 15) is 4.79 Å². The largest absolute Gasteiger partial charge is 0.325 e. The molecule has 1 aromatic carbocycles. The van der Waals surface area contributed by atoms with Crippen molar-refractivity contribution in [2.45, 2.75) is 39.2 Å². The zero-order chi connectivity index (χ0) is 12.8. The Kier molecular flexibility index (Phi) is 5.45. The molecule has 0 bridgehead atoms. The number of anilines is 1. The van der Waals surface area contributed by atoms with E-state index in [1.54, 1.807) is 6.07 Å². The Bertz CT molecular complexity index is 393. The summed E-state index contributed by atoms with van der Waals surface area (Å²) in [6.07, 6.45) is 2.71. The number of hydrogen-bond donors (Lipinski definition) is 2. The average molecular weight is 255 g/mol. The molecule has 1 rings (SSSR count). The van der Waals surface area contributed by atoms with E-state index in [0.29, 0.717) is 17.1 Å². The van der Waals surface area contributed by atoms with Gasteiger partial charge in [0.1, 0.15) is 0 Å². The lowest BCUT2D eigenvalue weighted by molar-refractivity contribution is -0.117. The zero-order valence-corrected chi connectivity index (χ0v) is 11.1. The van der Waals surface area contributed by atoms with Crippen molar-refractivity contribution in [3.05, 3.63) is 28.8 Å². The summed E-state index contributed by atoms with van der Waals surface area (Å²) in [7, 11) is 0. The number of halogens is 1. The Morgan fingerprint density at radius 3 is 2.82 bits per heavy atom. The second-order valence-corrected chi connectivity index (χ2v) is 4.61. The minimum absolute atomic E-state index is 0.154. The molecular weight excluding hydrogens is 236 g/mol. The summed E-state index contributed by atoms with van der Waals surface area (Å²) in [5.41, 5.74) is 7.45. The maximum absolute atomic E-state index is 11.7. The van der Waals surface area contributed by atoms with E-state index >= 15 is 0 Å². The maximum Gasteiger partial charge on any atom is 0.241 e. The number of rotatable bonds is 5. The van der Waals surface area contributed by atoms with E-state index in [1.165, 1.54) is 0 Å². The van der Waals surface area contributed by atoms with Crippen molar-refractivity contribution < 1.29 is 4.79 Å². The third-order valence-electron chi connectivity index (χ3n) is 2.64. The lowest BCUT2D eigenvalue weighted by Crippen LogP contribution is -2.35. The van der Waals surface area contributed by atoms with Gasteiger partial charge in [-0.15, -0.1) is 0 Å². The van der Waals surface area contributed by atoms with Crippen LogP contribution in [0.5, 0.6) is 0 Å². The first-order chi connectivity index (χ1) is 8.04. The van der Waals surface area contributed by atoms with Crippen molar-refractivity contribution in [3.8, 4) is 0 Å². The maximum atomic E-state index is 11.7. The van der Waals surface area contributed by atoms with Crippen molar-refractivity contribution in [2.24, 2.45) is 5.73 Å². The van der Waals surface area contributed by atoms with Gasteiger partial charge in [-0.2, -0.15) is 0 Å². The van der Waals surface area contributed by atoms with Crippen LogP contribution in [0.4, 0.5) is 5.69 Å². The molecule has 0 aliphatic carbocycles. The number of nitrogens with two attached hydrogens (primary N) is 1. The van der Waals surface area contributed by atoms with Gasteiger partial charge in [0.25, 0.3) is 0 Å². The van der Waals surface area contributed by atoms with Crippen molar-refractivity contribution in [1.29, 1.82) is 0 Å². The Morgan fingerprint density at radius 1 is 1.53 bits per heavy atom. The van der Waals surface area contributed by atoms with E-state index < -0.39 is 6.04 Å². The first-order valence-corrected chi connectivity index (χ1v) is 6.25. The summed E-state index contributed by atoms with van der Waals surface area (Å²) in [5, 5.41) is 3.41. The molecule has 0 radical (unpaired) electrons. The highest BCUT2D eigenvalue weighted by Gasteiger charge is 2.12. The third kappa shape index (κ3) is 4.36. The molecule has 1 aromatic rings. The van der Waals surface area contributed by atoms with Crippen molar-refractivity contribution in [1.82, 2.24) is 0 Å². The van der Waals surface area contributed by atoms with Gasteiger partial charge in [-0.25, -0.2) is 0 Å². The van der Waals surface area contributed by atoms with E-state index in [4.69, 9.17) is 17.3 Å². The van der Waals surface area contributed by atoms with E-state index in [2.05, 4.69) is 12.2 Å². The summed E-state index contributed by atoms with van der Waals surface area (Å²) in [6.45, 7) is 3.99. The van der Waals surface area contributed by atoms with E-state index in [0.717, 1.165) is 18.4 Å². The van der Waals surface area contributed by atoms with Crippen LogP contribution in [0.3, 0.4) is 0 Å². The van der Waals surface area contributed by atoms with E-state index in [-0.39, 0.29) is 5.91 Å². The van der Waals surface area contributed by atoms with Crippen LogP contribution in [0, 0.1) is 6.92 Å². The molecule has 0 saturated carbocycles. The highest BCUT2D eigenvalue weighted by atomic mass is 35.5. The normalized spacial score (nSPS) is 12.2. The number of carbonyl (C=O) groups excluding carboxylic acids is 1. The number of amides is 1. The molecule has 0 aliphatic heterocycles. The molecule has 1 unspecified atom stereocenters. The molecule has 17 heavy (non-hydrogen) atoms. The fraction of sp³-hybridized carbons (Fsp3) is 0.462. The first-order valence-electron chi connectivity index (χ1n) is 5.87. The van der Waals surface area contributed by atoms with Gasteiger partial charge in [0, 0.05) is 10.7 Å². The number of nitrogens with one attached hydrogen (secondary N) is 1. The number of hydrogen-bond acceptors (Lipinski definition) is 2. The molecule has 1 amide bonds. The topological polar surface area (TPSA) is 55.1 Å². The fourth-order valence-corrected chi connectivity index (χ4v) is 1.64. The number of carbonyl (C=O) groups is 1. The van der Waals surface area contributed by atoms with Crippen LogP contribution in [0.1, 0.15) is 31.7 Å². The van der Waals surface area contributed by atoms with Gasteiger partial charge in [0.15, 0.2) is 0 Å². The monoisotopic (exact) mass is 254 g/mol. The zero-order valence-electron chi connectivity index (χ0n) is 10.3. The molecule has 94 valence electrons. The molecule has 0 saturated heterocycles. The molecule has 3 N–H and O–H groups in total. The number of unbranched alkanes of at least 4 members (excludes halogenated alkanes) is 1. The summed E-state index contributed by atoms with van der Waals surface area (Å²) in [4.78, 5) is 11.7. The van der Waals surface area contributed by atoms with E-state index in [1.807, 2.05) is 19.1 Å². The highest BCUT2D eigenvalue weighted by Crippen LogP contribution is 2.20. The minimum Gasteiger partial charge on any atom is -0.325 e. The van der Waals surface area contributed by atoms with Crippen molar-refractivity contribution in [3.63, 3.8) is 0 Å². The lowest BCUT2D eigenvalue weighted by atomic mass is 10.1. The second kappa shape index (κ2) is 6.62. The molecule has 4 heteroatoms. The van der Waals surface area contributed by atoms with Crippen LogP contribution in [-0.2, 0) is 4.79 Å². The molecule has 0 aliphatic rings. The van der Waals surface area contributed by atoms with Crippen molar-refractivity contribution >= 4 is 23.2 Å². The van der Waals surface area contributed by atoms with Gasteiger partial charge in [0.2, 0.25) is 5.91 Å². The lowest BCUT2D eigenvalue weighted by Gasteiger charge is -2.12. The summed E-state index contributed by atoms with van der Waals surface area (Å²) >= 11 is 5.98. The predicted octanol–water partition coefficient (Wildman–Crippen LogP) is 3.10. The van der Waals surface area contributed by atoms with Crippen LogP contribution in [0.25, 0.3) is 0 Å². The molecule has 0 spiro atoms. The van der Waals surface area contributed by atoms with Gasteiger partial charge >= 0.3 is 0 Å². The fourth-order valence-electron chi connectivity index (χ4n) is 1.46. The summed E-state index contributed by atoms with van der Waals surface area (Å²) in [6, 6.07) is 4.98. The Balaban J connectivity index is 2.58. The third-order valence-corrected chi connectivity index (χ3v) is 3.05. The van der Waals surface area contributed by atoms with Crippen LogP contribution in [0.15, 0.2) is 18.2 Å². The number of benzene rings is 1. The van der Waals surface area contributed by atoms with Crippen LogP contribution >= 0.6 is 11.6 Å². The Labute approximate surface area is 107 Å². The molecule has 0 fully saturated rings. The Morgan fingerprint density at radius 2 is 2.24 bits per heavy atom. The first kappa shape index (κ1) is 14.0. The Hall–Kier alpha value is -1.06. The number of aryl methyl sites for hydroxylation is 1. The predicted molar refractivity (Wildman–Crippen MR) is 72.3 cm³/mol. The average Bonchev–Trinajstić information content (AvgIpc) is 2.30. The highest BCUT2D eigenvalue weighted by molar-refractivity contribution is 6.31. The standard InChI is InChI=1S/C13H19ClN2O/c1-3-4-5-12(15)13(17)16-10-7-6-9(2)11(14)8-10/h6-8,12H,3-5,15H2,1-2H3,(H,16,17). The van der Waals surface area contributed by atoms with Gasteiger partial charge in [-0.1, -0.05) is 37.4 Å². The van der Waals surface area contributed by atoms with Crippen molar-refractivity contribution in [2.75, 3.05) is 5.32 Å². The van der Waals surface area contributed by atoms with Gasteiger partial charge in [-0.05, 0) is 31.0 Å². The molecule has 0 aromatic heterocycles. The van der Waals surface area contributed by atoms with Crippen LogP contribution < -0.4 is 11.1 Å². The minimum atomic E-state index is -0.449. The van der Waals surface area contributed by atoms with Gasteiger partial charge in [-0.3, -0.25) is 4.79 Å². The molecular formula is C13H19ClN2O. The summed E-state index contributed by atoms with van der Waals surface area (Å²) < 4.78 is 0. The van der Waals surface area contributed by atoms with Crippen LogP contribution in [0.2, 0.25) is 5.02 Å². The SMILES string of the molecule is CCCCC(N)C(=O)Nc1ccc(C)c(Cl)c1. The molecule has 0 heterocycles. The second-order valence-electron chi connectivity index (χ2n) is 4.20.